The lowest BCUT2D eigenvalue weighted by Crippen LogP contribution is -2.66. The van der Waals surface area contributed by atoms with E-state index in [1.54, 1.807) is 0 Å². The normalized spacial score (nSPS) is 47.2. The van der Waals surface area contributed by atoms with E-state index in [-0.39, 0.29) is 63.1 Å². The number of hydrogen-bond acceptors (Lipinski definition) is 4. The fourth-order valence-electron chi connectivity index (χ4n) is 9.64. The van der Waals surface area contributed by atoms with Crippen molar-refractivity contribution < 1.29 is 19.1 Å². The number of hydrogen-bond donors (Lipinski definition) is 0. The average Bonchev–Trinajstić information content (AvgIpc) is 2.78. The number of carbonyl (C=O) groups excluding carboxylic acids is 3. The van der Waals surface area contributed by atoms with Crippen molar-refractivity contribution in [3.8, 4) is 0 Å². The molecule has 0 unspecified atom stereocenters. The Hall–Kier alpha value is -2.22. The maximum atomic E-state index is 14.3. The van der Waals surface area contributed by atoms with Gasteiger partial charge >= 0.3 is 5.97 Å². The molecule has 5 aliphatic rings. The molecule has 5 heteroatoms. The highest BCUT2D eigenvalue weighted by Crippen LogP contribution is 2.72. The van der Waals surface area contributed by atoms with E-state index in [0.717, 1.165) is 50.5 Å². The van der Waals surface area contributed by atoms with Gasteiger partial charge in [-0.2, -0.15) is 0 Å². The monoisotopic (exact) mass is 491 g/mol. The van der Waals surface area contributed by atoms with Gasteiger partial charge in [0, 0.05) is 30.1 Å². The number of Topliss-reactive ketones (excluding diaryl/α,β-unsaturated/α-hetero) is 1. The van der Waals surface area contributed by atoms with E-state index in [1.165, 1.54) is 6.92 Å². The van der Waals surface area contributed by atoms with Crippen LogP contribution in [0, 0.1) is 51.9 Å². The summed E-state index contributed by atoms with van der Waals surface area (Å²) in [5.41, 5.74) is -0.130. The molecule has 0 heterocycles. The summed E-state index contributed by atoms with van der Waals surface area (Å²) in [4.78, 5) is 43.0. The Kier molecular flexibility index (Phi) is 5.40. The molecule has 3 saturated carbocycles. The second-order valence-corrected chi connectivity index (χ2v) is 14.0. The SMILES string of the molecule is [C-]#[N+]C1=C[C@]2(C)C3=CC(=O)[C@@H]4[C@@H]5CC(C)(C)CC[C@]5(OC(C)=O)CC[C@@]4(C)[C@]3(C)CC[C@H]2[C@H](C)C1=O. The van der Waals surface area contributed by atoms with E-state index in [4.69, 9.17) is 11.3 Å². The summed E-state index contributed by atoms with van der Waals surface area (Å²) in [6.45, 7) is 22.4. The van der Waals surface area contributed by atoms with Crippen LogP contribution in [0.15, 0.2) is 23.4 Å². The molecule has 5 aliphatic carbocycles. The molecule has 0 bridgehead atoms. The number of rotatable bonds is 1. The summed E-state index contributed by atoms with van der Waals surface area (Å²) in [6, 6.07) is 0. The first-order valence-corrected chi connectivity index (χ1v) is 13.7. The molecule has 0 aromatic carbocycles. The molecule has 3 fully saturated rings. The number of ketones is 2. The Labute approximate surface area is 215 Å². The van der Waals surface area contributed by atoms with Crippen LogP contribution < -0.4 is 0 Å². The summed E-state index contributed by atoms with van der Waals surface area (Å²) in [5, 5.41) is 0. The lowest BCUT2D eigenvalue weighted by molar-refractivity contribution is -0.214. The van der Waals surface area contributed by atoms with Crippen LogP contribution in [0.1, 0.15) is 93.4 Å². The molecular weight excluding hydrogens is 450 g/mol. The molecule has 0 N–H and O–H groups in total. The average molecular weight is 492 g/mol. The molecule has 5 rings (SSSR count). The van der Waals surface area contributed by atoms with Gasteiger partial charge < -0.3 is 9.53 Å². The third-order valence-corrected chi connectivity index (χ3v) is 11.8. The van der Waals surface area contributed by atoms with Crippen LogP contribution in [0.25, 0.3) is 4.85 Å². The zero-order valence-corrected chi connectivity index (χ0v) is 23.0. The summed E-state index contributed by atoms with van der Waals surface area (Å²) in [7, 11) is 0. The zero-order chi connectivity index (χ0) is 26.5. The van der Waals surface area contributed by atoms with Crippen LogP contribution in [-0.2, 0) is 19.1 Å². The standard InChI is InChI=1S/C31H41NO4/c1-18-20-9-10-29(6)24(28(20,5)17-22(32-8)26(18)35)15-23(34)25-21-16-27(3,4)11-13-31(21,36-19(2)33)14-12-30(25,29)7/h15,17-18,20-21,25H,9-14,16H2,1-7H3/t18-,20-,21-,25-,28-,29+,30+,31-/m0/s1. The minimum Gasteiger partial charge on any atom is -0.459 e. The van der Waals surface area contributed by atoms with Crippen molar-refractivity contribution in [2.45, 2.75) is 99.0 Å². The highest BCUT2D eigenvalue weighted by atomic mass is 16.6. The van der Waals surface area contributed by atoms with Crippen LogP contribution in [0.2, 0.25) is 0 Å². The van der Waals surface area contributed by atoms with Crippen molar-refractivity contribution in [1.82, 2.24) is 0 Å². The van der Waals surface area contributed by atoms with Gasteiger partial charge in [0.05, 0.1) is 6.57 Å². The van der Waals surface area contributed by atoms with E-state index in [9.17, 15) is 14.4 Å². The number of nitrogens with zero attached hydrogens (tertiary/aromatic N) is 1. The van der Waals surface area contributed by atoms with Gasteiger partial charge in [0.1, 0.15) is 5.60 Å². The molecule has 5 nitrogen and oxygen atoms in total. The molecule has 194 valence electrons. The van der Waals surface area contributed by atoms with Gasteiger partial charge in [-0.05, 0) is 73.2 Å². The number of esters is 1. The maximum absolute atomic E-state index is 14.3. The van der Waals surface area contributed by atoms with Gasteiger partial charge in [-0.25, -0.2) is 4.85 Å². The van der Waals surface area contributed by atoms with Gasteiger partial charge in [-0.3, -0.25) is 9.59 Å². The Morgan fingerprint density at radius 2 is 1.69 bits per heavy atom. The lowest BCUT2D eigenvalue weighted by atomic mass is 9.36. The second-order valence-electron chi connectivity index (χ2n) is 14.0. The first-order valence-electron chi connectivity index (χ1n) is 13.7. The molecule has 0 aromatic heterocycles. The fourth-order valence-corrected chi connectivity index (χ4v) is 9.64. The smallest absolute Gasteiger partial charge is 0.303 e. The largest absolute Gasteiger partial charge is 0.459 e. The van der Waals surface area contributed by atoms with Crippen molar-refractivity contribution >= 4 is 17.5 Å². The molecule has 0 saturated heterocycles. The summed E-state index contributed by atoms with van der Waals surface area (Å²) in [5.74, 6) is -0.495. The predicted octanol–water partition coefficient (Wildman–Crippen LogP) is 6.48. The highest BCUT2D eigenvalue weighted by molar-refractivity contribution is 6.01. The highest BCUT2D eigenvalue weighted by Gasteiger charge is 2.69. The molecule has 36 heavy (non-hydrogen) atoms. The van der Waals surface area contributed by atoms with Crippen LogP contribution in [-0.4, -0.2) is 23.1 Å². The van der Waals surface area contributed by atoms with Gasteiger partial charge in [-0.1, -0.05) is 53.2 Å². The summed E-state index contributed by atoms with van der Waals surface area (Å²) >= 11 is 0. The molecule has 0 aliphatic heterocycles. The van der Waals surface area contributed by atoms with Crippen molar-refractivity contribution in [2.24, 2.45) is 45.3 Å². The third-order valence-electron chi connectivity index (χ3n) is 11.8. The summed E-state index contributed by atoms with van der Waals surface area (Å²) in [6.07, 6.45) is 9.92. The Balaban J connectivity index is 1.68. The topological polar surface area (TPSA) is 64.8 Å². The summed E-state index contributed by atoms with van der Waals surface area (Å²) < 4.78 is 6.16. The third kappa shape index (κ3) is 3.15. The van der Waals surface area contributed by atoms with Crippen LogP contribution >= 0.6 is 0 Å². The van der Waals surface area contributed by atoms with E-state index >= 15 is 0 Å². The molecule has 0 amide bonds. The molecule has 8 atom stereocenters. The number of allylic oxidation sites excluding steroid dienone is 4. The van der Waals surface area contributed by atoms with Crippen LogP contribution in [0.4, 0.5) is 0 Å². The minimum absolute atomic E-state index is 0.00208. The predicted molar refractivity (Wildman–Crippen MR) is 137 cm³/mol. The Morgan fingerprint density at radius 3 is 2.33 bits per heavy atom. The van der Waals surface area contributed by atoms with E-state index < -0.39 is 11.0 Å². The lowest BCUT2D eigenvalue weighted by Gasteiger charge is -2.68. The van der Waals surface area contributed by atoms with Gasteiger partial charge in [0.25, 0.3) is 0 Å². The minimum atomic E-state index is -0.563. The van der Waals surface area contributed by atoms with Gasteiger partial charge in [0.15, 0.2) is 11.6 Å². The quantitative estimate of drug-likeness (QED) is 0.311. The second kappa shape index (κ2) is 7.65. The molecule has 0 aromatic rings. The van der Waals surface area contributed by atoms with E-state index in [1.807, 2.05) is 19.1 Å². The maximum Gasteiger partial charge on any atom is 0.303 e. The first-order chi connectivity index (χ1) is 16.6. The number of fused-ring (bicyclic) bond motifs is 7. The van der Waals surface area contributed by atoms with E-state index in [0.29, 0.717) is 0 Å². The van der Waals surface area contributed by atoms with Gasteiger partial charge in [0.2, 0.25) is 5.70 Å². The van der Waals surface area contributed by atoms with Crippen molar-refractivity contribution in [3.63, 3.8) is 0 Å². The van der Waals surface area contributed by atoms with Gasteiger partial charge in [-0.15, -0.1) is 0 Å². The number of ether oxygens (including phenoxy) is 1. The fraction of sp³-hybridized carbons (Fsp3) is 0.742. The van der Waals surface area contributed by atoms with Crippen LogP contribution in [0.3, 0.4) is 0 Å². The first kappa shape index (κ1) is 25.4. The van der Waals surface area contributed by atoms with Crippen molar-refractivity contribution in [1.29, 1.82) is 0 Å². The Bertz CT molecular complexity index is 1160. The number of carbonyl (C=O) groups is 3. The van der Waals surface area contributed by atoms with E-state index in [2.05, 4.69) is 39.5 Å². The molecular formula is C31H41NO4. The zero-order valence-electron chi connectivity index (χ0n) is 23.0. The van der Waals surface area contributed by atoms with Crippen molar-refractivity contribution in [2.75, 3.05) is 0 Å². The Morgan fingerprint density at radius 1 is 1.03 bits per heavy atom. The van der Waals surface area contributed by atoms with Crippen molar-refractivity contribution in [3.05, 3.63) is 34.8 Å². The van der Waals surface area contributed by atoms with Crippen LogP contribution in [0.5, 0.6) is 0 Å². The molecule has 0 spiro atoms. The molecule has 0 radical (unpaired) electrons.